The maximum absolute atomic E-state index is 13.9. The van der Waals surface area contributed by atoms with E-state index in [1.807, 2.05) is 30.3 Å². The lowest BCUT2D eigenvalue weighted by atomic mass is 9.95. The molecule has 9 heteroatoms. The lowest BCUT2D eigenvalue weighted by Crippen LogP contribution is -2.29. The number of benzene rings is 3. The molecule has 9 nitrogen and oxygen atoms in total. The van der Waals surface area contributed by atoms with E-state index in [1.54, 1.807) is 41.1 Å². The van der Waals surface area contributed by atoms with Crippen LogP contribution in [0.1, 0.15) is 44.5 Å². The lowest BCUT2D eigenvalue weighted by Gasteiger charge is -2.26. The van der Waals surface area contributed by atoms with Gasteiger partial charge in [0.1, 0.15) is 23.8 Å². The number of fused-ring (bicyclic) bond motifs is 1. The fraction of sp³-hybridized carbons (Fsp3) is 0.212. The molecule has 3 heterocycles. The number of carbonyl (C=O) groups excluding carboxylic acids is 1. The van der Waals surface area contributed by atoms with E-state index in [-0.39, 0.29) is 29.7 Å². The zero-order valence-electron chi connectivity index (χ0n) is 23.8. The molecule has 0 radical (unpaired) electrons. The maximum Gasteiger partial charge on any atom is 0.273 e. The molecule has 1 aliphatic heterocycles. The van der Waals surface area contributed by atoms with Gasteiger partial charge in [-0.1, -0.05) is 29.8 Å². The highest BCUT2D eigenvalue weighted by Gasteiger charge is 2.44. The Morgan fingerprint density at radius 3 is 2.29 bits per heavy atom. The van der Waals surface area contributed by atoms with E-state index >= 15 is 0 Å². The van der Waals surface area contributed by atoms with E-state index in [1.165, 1.54) is 19.8 Å². The number of ether oxygens (including phenoxy) is 3. The molecule has 1 amide bonds. The van der Waals surface area contributed by atoms with Gasteiger partial charge in [0, 0.05) is 18.2 Å². The molecule has 0 unspecified atom stereocenters. The molecule has 0 saturated heterocycles. The van der Waals surface area contributed by atoms with Crippen LogP contribution in [0.2, 0.25) is 0 Å². The zero-order chi connectivity index (χ0) is 29.4. The number of carbonyl (C=O) groups is 1. The van der Waals surface area contributed by atoms with E-state index in [0.29, 0.717) is 29.3 Å². The van der Waals surface area contributed by atoms with Gasteiger partial charge in [-0.3, -0.25) is 9.48 Å². The summed E-state index contributed by atoms with van der Waals surface area (Å²) in [5.74, 6) is 1.55. The number of rotatable bonds is 9. The summed E-state index contributed by atoms with van der Waals surface area (Å²) in [6.07, 6.45) is 1.58. The van der Waals surface area contributed by atoms with Crippen molar-refractivity contribution in [3.8, 4) is 34.3 Å². The van der Waals surface area contributed by atoms with Crippen molar-refractivity contribution in [2.75, 3.05) is 14.2 Å². The molecule has 3 aromatic carbocycles. The van der Waals surface area contributed by atoms with Crippen LogP contribution in [0.25, 0.3) is 11.3 Å². The van der Waals surface area contributed by atoms with Crippen molar-refractivity contribution >= 4 is 5.91 Å². The highest BCUT2D eigenvalue weighted by atomic mass is 16.5. The number of aromatic nitrogens is 2. The second-order valence-electron chi connectivity index (χ2n) is 10.2. The number of amides is 1. The van der Waals surface area contributed by atoms with Crippen molar-refractivity contribution in [2.45, 2.75) is 26.1 Å². The Balaban J connectivity index is 1.40. The van der Waals surface area contributed by atoms with Crippen LogP contribution in [-0.2, 0) is 20.2 Å². The molecule has 1 atom stereocenters. The first-order chi connectivity index (χ1) is 20.4. The summed E-state index contributed by atoms with van der Waals surface area (Å²) in [6.45, 7) is 2.75. The normalized spacial score (nSPS) is 14.2. The van der Waals surface area contributed by atoms with Crippen molar-refractivity contribution in [2.24, 2.45) is 7.05 Å². The third kappa shape index (κ3) is 4.83. The number of hydrogen-bond donors (Lipinski definition) is 1. The first kappa shape index (κ1) is 27.0. The van der Waals surface area contributed by atoms with Crippen molar-refractivity contribution in [3.05, 3.63) is 113 Å². The van der Waals surface area contributed by atoms with Gasteiger partial charge in [-0.25, -0.2) is 0 Å². The Morgan fingerprint density at radius 1 is 0.976 bits per heavy atom. The molecular formula is C33H31N3O6. The number of hydrogen-bond acceptors (Lipinski definition) is 7. The molecule has 5 aromatic rings. The quantitative estimate of drug-likeness (QED) is 0.233. The highest BCUT2D eigenvalue weighted by Crippen LogP contribution is 2.48. The first-order valence-electron chi connectivity index (χ1n) is 13.5. The summed E-state index contributed by atoms with van der Waals surface area (Å²) in [6, 6.07) is 22.5. The number of phenolic OH excluding ortho intramolecular Hbond substituents is 1. The van der Waals surface area contributed by atoms with Gasteiger partial charge >= 0.3 is 0 Å². The van der Waals surface area contributed by atoms with Gasteiger partial charge in [0.2, 0.25) is 5.75 Å². The Morgan fingerprint density at radius 2 is 1.67 bits per heavy atom. The van der Waals surface area contributed by atoms with E-state index in [2.05, 4.69) is 31.2 Å². The average molecular weight is 566 g/mol. The van der Waals surface area contributed by atoms with E-state index in [0.717, 1.165) is 22.4 Å². The Labute approximate surface area is 243 Å². The third-order valence-corrected chi connectivity index (χ3v) is 7.51. The van der Waals surface area contributed by atoms with E-state index < -0.39 is 6.04 Å². The Kier molecular flexibility index (Phi) is 7.08. The first-order valence-corrected chi connectivity index (χ1v) is 13.5. The van der Waals surface area contributed by atoms with Crippen molar-refractivity contribution in [1.82, 2.24) is 14.7 Å². The highest BCUT2D eigenvalue weighted by molar-refractivity contribution is 6.00. The van der Waals surface area contributed by atoms with Crippen LogP contribution in [0.5, 0.6) is 23.0 Å². The zero-order valence-corrected chi connectivity index (χ0v) is 23.8. The van der Waals surface area contributed by atoms with Crippen molar-refractivity contribution in [1.29, 1.82) is 0 Å². The van der Waals surface area contributed by atoms with Crippen LogP contribution in [0, 0.1) is 6.92 Å². The van der Waals surface area contributed by atoms with Gasteiger partial charge in [0.25, 0.3) is 5.91 Å². The van der Waals surface area contributed by atoms with Crippen LogP contribution in [-0.4, -0.2) is 39.9 Å². The smallest absolute Gasteiger partial charge is 0.273 e. The van der Waals surface area contributed by atoms with Gasteiger partial charge in [-0.05, 0) is 66.6 Å². The number of phenols is 1. The molecule has 0 fully saturated rings. The number of methoxy groups -OCH3 is 2. The number of aryl methyl sites for hydroxylation is 2. The molecule has 6 rings (SSSR count). The Bertz CT molecular complexity index is 1700. The van der Waals surface area contributed by atoms with Gasteiger partial charge in [0.15, 0.2) is 11.5 Å². The molecule has 2 aromatic heterocycles. The predicted octanol–water partition coefficient (Wildman–Crippen LogP) is 6.04. The van der Waals surface area contributed by atoms with Crippen molar-refractivity contribution in [3.63, 3.8) is 0 Å². The predicted molar refractivity (Wildman–Crippen MR) is 156 cm³/mol. The standard InChI is InChI=1S/C33H31N3O6/c1-20-7-9-21(10-8-20)19-42-24-13-11-22(12-14-24)29-28-30(23-16-26(39-3)32(37)27(17-23)40-4)36(18-25-6-5-15-41-25)33(38)31(28)35(2)34-29/h5-17,30,37H,18-19H2,1-4H3/t30-/m0/s1. The van der Waals surface area contributed by atoms with Crippen LogP contribution in [0.4, 0.5) is 0 Å². The SMILES string of the molecule is COc1cc([C@H]2c3c(-c4ccc(OCc5ccc(C)cc5)cc4)nn(C)c3C(=O)N2Cc2ccco2)cc(OC)c1O. The monoisotopic (exact) mass is 565 g/mol. The van der Waals surface area contributed by atoms with E-state index in [4.69, 9.17) is 23.7 Å². The second-order valence-corrected chi connectivity index (χ2v) is 10.2. The minimum absolute atomic E-state index is 0.112. The number of nitrogens with zero attached hydrogens (tertiary/aromatic N) is 3. The maximum atomic E-state index is 13.9. The summed E-state index contributed by atoms with van der Waals surface area (Å²) >= 11 is 0. The van der Waals surface area contributed by atoms with Gasteiger partial charge < -0.3 is 28.6 Å². The van der Waals surface area contributed by atoms with Crippen LogP contribution in [0.3, 0.4) is 0 Å². The molecule has 0 spiro atoms. The summed E-state index contributed by atoms with van der Waals surface area (Å²) in [4.78, 5) is 15.7. The fourth-order valence-electron chi connectivity index (χ4n) is 5.39. The average Bonchev–Trinajstić information content (AvgIpc) is 3.71. The molecule has 0 bridgehead atoms. The molecule has 0 saturated carbocycles. The molecule has 1 N–H and O–H groups in total. The number of aromatic hydroxyl groups is 1. The van der Waals surface area contributed by atoms with Crippen molar-refractivity contribution < 1.29 is 28.5 Å². The largest absolute Gasteiger partial charge is 0.502 e. The molecule has 0 aliphatic carbocycles. The second kappa shape index (κ2) is 11.0. The van der Waals surface area contributed by atoms with Crippen LogP contribution in [0.15, 0.2) is 83.5 Å². The minimum Gasteiger partial charge on any atom is -0.502 e. The topological polar surface area (TPSA) is 99.2 Å². The molecule has 42 heavy (non-hydrogen) atoms. The van der Waals surface area contributed by atoms with Crippen LogP contribution < -0.4 is 14.2 Å². The van der Waals surface area contributed by atoms with Gasteiger partial charge in [-0.2, -0.15) is 5.10 Å². The van der Waals surface area contributed by atoms with Gasteiger partial charge in [-0.15, -0.1) is 0 Å². The fourth-order valence-corrected chi connectivity index (χ4v) is 5.39. The summed E-state index contributed by atoms with van der Waals surface area (Å²) in [7, 11) is 4.72. The van der Waals surface area contributed by atoms with Gasteiger partial charge in [0.05, 0.1) is 38.8 Å². The van der Waals surface area contributed by atoms with E-state index in [9.17, 15) is 9.90 Å². The number of furan rings is 1. The summed E-state index contributed by atoms with van der Waals surface area (Å²) in [5, 5.41) is 15.4. The molecular weight excluding hydrogens is 534 g/mol. The lowest BCUT2D eigenvalue weighted by molar-refractivity contribution is 0.0712. The summed E-state index contributed by atoms with van der Waals surface area (Å²) < 4.78 is 24.2. The third-order valence-electron chi connectivity index (χ3n) is 7.51. The molecule has 214 valence electrons. The van der Waals surface area contributed by atoms with Crippen LogP contribution >= 0.6 is 0 Å². The summed E-state index contributed by atoms with van der Waals surface area (Å²) in [5.41, 5.74) is 5.73. The minimum atomic E-state index is -0.554. The molecule has 1 aliphatic rings. The Hall–Kier alpha value is -5.18.